The maximum absolute atomic E-state index is 12.4. The molecule has 0 aliphatic carbocycles. The quantitative estimate of drug-likeness (QED) is 0.879. The van der Waals surface area contributed by atoms with E-state index in [1.807, 2.05) is 4.90 Å². The van der Waals surface area contributed by atoms with Crippen molar-refractivity contribution in [1.29, 1.82) is 0 Å². The fourth-order valence-corrected chi connectivity index (χ4v) is 3.32. The average Bonchev–Trinajstić information content (AvgIpc) is 2.57. The number of H-pyrrole nitrogens is 1. The van der Waals surface area contributed by atoms with Gasteiger partial charge in [-0.25, -0.2) is 4.98 Å². The van der Waals surface area contributed by atoms with E-state index in [-0.39, 0.29) is 29.8 Å². The monoisotopic (exact) mass is 318 g/mol. The van der Waals surface area contributed by atoms with Crippen LogP contribution >= 0.6 is 0 Å². The van der Waals surface area contributed by atoms with Gasteiger partial charge >= 0.3 is 0 Å². The number of hydrogen-bond acceptors (Lipinski definition) is 4. The second-order valence-corrected chi connectivity index (χ2v) is 6.26. The lowest BCUT2D eigenvalue weighted by atomic mass is 9.93. The van der Waals surface area contributed by atoms with Crippen LogP contribution in [0.15, 0.2) is 17.2 Å². The van der Waals surface area contributed by atoms with Gasteiger partial charge in [-0.3, -0.25) is 14.4 Å². The molecular formula is C16H22N4O3. The van der Waals surface area contributed by atoms with E-state index in [1.165, 1.54) is 12.4 Å². The van der Waals surface area contributed by atoms with Gasteiger partial charge in [0.1, 0.15) is 0 Å². The zero-order valence-electron chi connectivity index (χ0n) is 13.2. The maximum Gasteiger partial charge on any atom is 0.250 e. The molecular weight excluding hydrogens is 296 g/mol. The Labute approximate surface area is 134 Å². The van der Waals surface area contributed by atoms with Crippen LogP contribution < -0.4 is 5.56 Å². The van der Waals surface area contributed by atoms with Gasteiger partial charge in [-0.15, -0.1) is 0 Å². The van der Waals surface area contributed by atoms with Crippen LogP contribution in [0.1, 0.15) is 43.7 Å². The highest BCUT2D eigenvalue weighted by molar-refractivity contribution is 5.85. The molecule has 2 fully saturated rings. The van der Waals surface area contributed by atoms with E-state index in [0.29, 0.717) is 26.1 Å². The molecule has 7 heteroatoms. The second-order valence-electron chi connectivity index (χ2n) is 6.26. The van der Waals surface area contributed by atoms with Crippen LogP contribution in [0.2, 0.25) is 0 Å². The standard InChI is InChI=1S/C16H22N4O3/c21-14-9-13(17-11-18-14)12-4-7-19(8-5-12)16(23)10-20-6-2-1-3-15(20)22/h9,11-12H,1-8,10H2,(H,17,18,21). The first-order valence-corrected chi connectivity index (χ1v) is 8.23. The predicted octanol–water partition coefficient (Wildman–Crippen LogP) is 0.488. The average molecular weight is 318 g/mol. The van der Waals surface area contributed by atoms with Crippen molar-refractivity contribution in [2.75, 3.05) is 26.2 Å². The molecule has 0 radical (unpaired) electrons. The third-order valence-electron chi connectivity index (χ3n) is 4.71. The van der Waals surface area contributed by atoms with Crippen LogP contribution in [-0.2, 0) is 9.59 Å². The van der Waals surface area contributed by atoms with Crippen LogP contribution in [0.25, 0.3) is 0 Å². The maximum atomic E-state index is 12.4. The highest BCUT2D eigenvalue weighted by Crippen LogP contribution is 2.25. The summed E-state index contributed by atoms with van der Waals surface area (Å²) in [6, 6.07) is 1.54. The lowest BCUT2D eigenvalue weighted by molar-refractivity contribution is -0.142. The molecule has 1 N–H and O–H groups in total. The molecule has 7 nitrogen and oxygen atoms in total. The van der Waals surface area contributed by atoms with E-state index in [0.717, 1.165) is 31.4 Å². The molecule has 124 valence electrons. The molecule has 2 aliphatic rings. The summed E-state index contributed by atoms with van der Waals surface area (Å²) in [6.07, 6.45) is 5.50. The molecule has 0 aromatic carbocycles. The van der Waals surface area contributed by atoms with Gasteiger partial charge in [-0.2, -0.15) is 0 Å². The topological polar surface area (TPSA) is 86.4 Å². The fraction of sp³-hybridized carbons (Fsp3) is 0.625. The van der Waals surface area contributed by atoms with Gasteiger partial charge < -0.3 is 14.8 Å². The Kier molecular flexibility index (Phi) is 4.73. The van der Waals surface area contributed by atoms with Gasteiger partial charge in [0.2, 0.25) is 11.8 Å². The van der Waals surface area contributed by atoms with E-state index in [9.17, 15) is 14.4 Å². The number of aromatic nitrogens is 2. The fourth-order valence-electron chi connectivity index (χ4n) is 3.32. The third-order valence-corrected chi connectivity index (χ3v) is 4.71. The summed E-state index contributed by atoms with van der Waals surface area (Å²) in [7, 11) is 0. The Morgan fingerprint density at radius 1 is 1.22 bits per heavy atom. The van der Waals surface area contributed by atoms with Crippen molar-refractivity contribution in [3.8, 4) is 0 Å². The summed E-state index contributed by atoms with van der Waals surface area (Å²) in [5, 5.41) is 0. The first-order chi connectivity index (χ1) is 11.1. The Balaban J connectivity index is 1.53. The van der Waals surface area contributed by atoms with E-state index >= 15 is 0 Å². The minimum atomic E-state index is -0.142. The summed E-state index contributed by atoms with van der Waals surface area (Å²) in [4.78, 5) is 45.8. The van der Waals surface area contributed by atoms with Crippen LogP contribution in [0.5, 0.6) is 0 Å². The van der Waals surface area contributed by atoms with E-state index in [4.69, 9.17) is 0 Å². The van der Waals surface area contributed by atoms with Gasteiger partial charge in [-0.05, 0) is 25.7 Å². The number of hydrogen-bond donors (Lipinski definition) is 1. The zero-order chi connectivity index (χ0) is 16.2. The summed E-state index contributed by atoms with van der Waals surface area (Å²) in [6.45, 7) is 2.20. The minimum Gasteiger partial charge on any atom is -0.341 e. The first kappa shape index (κ1) is 15.7. The smallest absolute Gasteiger partial charge is 0.250 e. The van der Waals surface area contributed by atoms with Crippen molar-refractivity contribution in [3.63, 3.8) is 0 Å². The molecule has 3 rings (SSSR count). The lowest BCUT2D eigenvalue weighted by Gasteiger charge is -2.34. The minimum absolute atomic E-state index is 0.0255. The van der Waals surface area contributed by atoms with Gasteiger partial charge in [0.05, 0.1) is 18.6 Å². The molecule has 0 spiro atoms. The Morgan fingerprint density at radius 2 is 2.00 bits per heavy atom. The number of piperidine rings is 2. The molecule has 2 saturated heterocycles. The molecule has 0 unspecified atom stereocenters. The summed E-state index contributed by atoms with van der Waals surface area (Å²) >= 11 is 0. The SMILES string of the molecule is O=C(CN1CCCCC1=O)N1CCC(c2cc(=O)[nH]cn2)CC1. The molecule has 2 aliphatic heterocycles. The van der Waals surface area contributed by atoms with E-state index in [2.05, 4.69) is 9.97 Å². The number of carbonyl (C=O) groups is 2. The molecule has 0 saturated carbocycles. The van der Waals surface area contributed by atoms with Crippen molar-refractivity contribution in [2.24, 2.45) is 0 Å². The lowest BCUT2D eigenvalue weighted by Crippen LogP contribution is -2.46. The van der Waals surface area contributed by atoms with Crippen LogP contribution in [0.4, 0.5) is 0 Å². The number of nitrogens with zero attached hydrogens (tertiary/aromatic N) is 3. The van der Waals surface area contributed by atoms with Gasteiger partial charge in [0.25, 0.3) is 5.56 Å². The third kappa shape index (κ3) is 3.78. The molecule has 1 aromatic heterocycles. The van der Waals surface area contributed by atoms with Crippen LogP contribution in [0.3, 0.4) is 0 Å². The molecule has 23 heavy (non-hydrogen) atoms. The number of aromatic amines is 1. The number of likely N-dealkylation sites (tertiary alicyclic amines) is 2. The van der Waals surface area contributed by atoms with Gasteiger partial charge in [-0.1, -0.05) is 0 Å². The molecule has 1 aromatic rings. The number of rotatable bonds is 3. The number of nitrogens with one attached hydrogen (secondary N) is 1. The molecule has 0 bridgehead atoms. The predicted molar refractivity (Wildman–Crippen MR) is 83.8 cm³/mol. The molecule has 3 heterocycles. The van der Waals surface area contributed by atoms with Gasteiger partial charge in [0, 0.05) is 38.0 Å². The summed E-state index contributed by atoms with van der Waals surface area (Å²) in [5.41, 5.74) is 0.657. The van der Waals surface area contributed by atoms with Crippen molar-refractivity contribution in [2.45, 2.75) is 38.0 Å². The number of carbonyl (C=O) groups excluding carboxylic acids is 2. The highest BCUT2D eigenvalue weighted by Gasteiger charge is 2.27. The zero-order valence-corrected chi connectivity index (χ0v) is 13.2. The normalized spacial score (nSPS) is 19.9. The Hall–Kier alpha value is -2.18. The van der Waals surface area contributed by atoms with E-state index in [1.54, 1.807) is 4.90 Å². The Bertz CT molecular complexity index is 634. The largest absolute Gasteiger partial charge is 0.341 e. The van der Waals surface area contributed by atoms with Gasteiger partial charge in [0.15, 0.2) is 0 Å². The first-order valence-electron chi connectivity index (χ1n) is 8.23. The van der Waals surface area contributed by atoms with Crippen LogP contribution in [0, 0.1) is 0 Å². The highest BCUT2D eigenvalue weighted by atomic mass is 16.2. The van der Waals surface area contributed by atoms with Crippen molar-refractivity contribution in [1.82, 2.24) is 19.8 Å². The Morgan fingerprint density at radius 3 is 2.70 bits per heavy atom. The van der Waals surface area contributed by atoms with E-state index < -0.39 is 0 Å². The molecule has 0 atom stereocenters. The van der Waals surface area contributed by atoms with Crippen LogP contribution in [-0.4, -0.2) is 57.8 Å². The summed E-state index contributed by atoms with van der Waals surface area (Å²) in [5.74, 6) is 0.336. The summed E-state index contributed by atoms with van der Waals surface area (Å²) < 4.78 is 0. The molecule has 2 amide bonds. The second kappa shape index (κ2) is 6.93. The van der Waals surface area contributed by atoms with Crippen molar-refractivity contribution in [3.05, 3.63) is 28.4 Å². The van der Waals surface area contributed by atoms with Crippen molar-refractivity contribution >= 4 is 11.8 Å². The van der Waals surface area contributed by atoms with Crippen molar-refractivity contribution < 1.29 is 9.59 Å². The number of amides is 2.